The van der Waals surface area contributed by atoms with Gasteiger partial charge in [0.2, 0.25) is 0 Å². The molecular weight excluding hydrogens is 291 g/mol. The number of nitrogens with zero attached hydrogens (tertiary/aromatic N) is 2. The first kappa shape index (κ1) is 15.8. The van der Waals surface area contributed by atoms with Gasteiger partial charge in [0.25, 0.3) is 0 Å². The SMILES string of the molecule is CCOC(=O)[C@@H]1CSCCN1Cc1ccc(C#N)cc1F. The minimum atomic E-state index is -0.408. The molecule has 0 radical (unpaired) electrons. The summed E-state index contributed by atoms with van der Waals surface area (Å²) in [5.74, 6) is 0.915. The van der Waals surface area contributed by atoms with Gasteiger partial charge >= 0.3 is 5.97 Å². The highest BCUT2D eigenvalue weighted by Gasteiger charge is 2.30. The van der Waals surface area contributed by atoms with Crippen molar-refractivity contribution < 1.29 is 13.9 Å². The van der Waals surface area contributed by atoms with Gasteiger partial charge < -0.3 is 4.74 Å². The fourth-order valence-corrected chi connectivity index (χ4v) is 3.35. The smallest absolute Gasteiger partial charge is 0.324 e. The Hall–Kier alpha value is -1.58. The molecule has 1 aliphatic heterocycles. The molecule has 21 heavy (non-hydrogen) atoms. The molecule has 0 unspecified atom stereocenters. The van der Waals surface area contributed by atoms with Crippen LogP contribution in [0, 0.1) is 17.1 Å². The van der Waals surface area contributed by atoms with Crippen molar-refractivity contribution in [1.82, 2.24) is 4.90 Å². The maximum absolute atomic E-state index is 14.0. The van der Waals surface area contributed by atoms with Gasteiger partial charge in [-0.25, -0.2) is 4.39 Å². The van der Waals surface area contributed by atoms with E-state index in [2.05, 4.69) is 0 Å². The van der Waals surface area contributed by atoms with E-state index in [9.17, 15) is 9.18 Å². The first-order valence-electron chi connectivity index (χ1n) is 6.82. The molecule has 1 saturated heterocycles. The number of carbonyl (C=O) groups excluding carboxylic acids is 1. The number of halogens is 1. The van der Waals surface area contributed by atoms with Gasteiger partial charge in [-0.15, -0.1) is 0 Å². The third-order valence-electron chi connectivity index (χ3n) is 3.35. The molecule has 1 aliphatic rings. The Morgan fingerprint density at radius 3 is 3.10 bits per heavy atom. The summed E-state index contributed by atoms with van der Waals surface area (Å²) < 4.78 is 19.1. The lowest BCUT2D eigenvalue weighted by Crippen LogP contribution is -2.47. The van der Waals surface area contributed by atoms with Crippen molar-refractivity contribution >= 4 is 17.7 Å². The number of carbonyl (C=O) groups is 1. The Kier molecular flexibility index (Phi) is 5.59. The largest absolute Gasteiger partial charge is 0.465 e. The lowest BCUT2D eigenvalue weighted by Gasteiger charge is -2.33. The number of ether oxygens (including phenoxy) is 1. The molecule has 0 bridgehead atoms. The average Bonchev–Trinajstić information content (AvgIpc) is 2.50. The van der Waals surface area contributed by atoms with E-state index in [0.717, 1.165) is 5.75 Å². The second-order valence-corrected chi connectivity index (χ2v) is 5.88. The van der Waals surface area contributed by atoms with Gasteiger partial charge in [0, 0.05) is 30.2 Å². The summed E-state index contributed by atoms with van der Waals surface area (Å²) in [4.78, 5) is 13.9. The Labute approximate surface area is 127 Å². The van der Waals surface area contributed by atoms with Crippen LogP contribution >= 0.6 is 11.8 Å². The molecule has 0 spiro atoms. The van der Waals surface area contributed by atoms with Crippen LogP contribution in [0.25, 0.3) is 0 Å². The fourth-order valence-electron chi connectivity index (χ4n) is 2.25. The first-order chi connectivity index (χ1) is 10.2. The van der Waals surface area contributed by atoms with Crippen LogP contribution in [0.3, 0.4) is 0 Å². The summed E-state index contributed by atoms with van der Waals surface area (Å²) in [5, 5.41) is 8.76. The fraction of sp³-hybridized carbons (Fsp3) is 0.467. The standard InChI is InChI=1S/C15H17FN2O2S/c1-2-20-15(19)14-10-21-6-5-18(14)9-12-4-3-11(8-17)7-13(12)16/h3-4,7,14H,2,5-6,9-10H2,1H3/t14-/m0/s1. The third kappa shape index (κ3) is 3.96. The van der Waals surface area contributed by atoms with Gasteiger partial charge in [0.1, 0.15) is 11.9 Å². The summed E-state index contributed by atoms with van der Waals surface area (Å²) in [6.45, 7) is 3.19. The molecule has 112 valence electrons. The predicted molar refractivity (Wildman–Crippen MR) is 79.3 cm³/mol. The van der Waals surface area contributed by atoms with E-state index in [1.54, 1.807) is 30.8 Å². The number of hydrogen-bond donors (Lipinski definition) is 0. The molecule has 0 N–H and O–H groups in total. The molecule has 2 rings (SSSR count). The van der Waals surface area contributed by atoms with Crippen molar-refractivity contribution in [3.05, 3.63) is 35.1 Å². The second kappa shape index (κ2) is 7.43. The van der Waals surface area contributed by atoms with Crippen LogP contribution in [-0.2, 0) is 16.1 Å². The molecule has 0 aliphatic carbocycles. The van der Waals surface area contributed by atoms with Crippen molar-refractivity contribution in [3.63, 3.8) is 0 Å². The number of nitriles is 1. The lowest BCUT2D eigenvalue weighted by atomic mass is 10.1. The normalized spacial score (nSPS) is 19.0. The van der Waals surface area contributed by atoms with Gasteiger partial charge in [-0.1, -0.05) is 6.07 Å². The molecule has 1 fully saturated rings. The van der Waals surface area contributed by atoms with Crippen molar-refractivity contribution in [3.8, 4) is 6.07 Å². The predicted octanol–water partition coefficient (Wildman–Crippen LogP) is 2.18. The topological polar surface area (TPSA) is 53.3 Å². The van der Waals surface area contributed by atoms with Crippen molar-refractivity contribution in [2.75, 3.05) is 24.7 Å². The van der Waals surface area contributed by atoms with Crippen LogP contribution < -0.4 is 0 Å². The van der Waals surface area contributed by atoms with E-state index in [4.69, 9.17) is 10.00 Å². The number of hydrogen-bond acceptors (Lipinski definition) is 5. The van der Waals surface area contributed by atoms with Gasteiger partial charge in [-0.3, -0.25) is 9.69 Å². The van der Waals surface area contributed by atoms with E-state index in [1.165, 1.54) is 6.07 Å². The Morgan fingerprint density at radius 2 is 2.43 bits per heavy atom. The van der Waals surface area contributed by atoms with Gasteiger partial charge in [-0.05, 0) is 19.1 Å². The summed E-state index contributed by atoms with van der Waals surface area (Å²) in [6.07, 6.45) is 0. The summed E-state index contributed by atoms with van der Waals surface area (Å²) in [5.41, 5.74) is 0.794. The molecule has 1 atom stereocenters. The van der Waals surface area contributed by atoms with Gasteiger partial charge in [0.05, 0.1) is 18.2 Å². The zero-order valence-corrected chi connectivity index (χ0v) is 12.7. The summed E-state index contributed by atoms with van der Waals surface area (Å²) >= 11 is 1.70. The van der Waals surface area contributed by atoms with E-state index < -0.39 is 5.82 Å². The number of thioether (sulfide) groups is 1. The molecule has 1 aromatic rings. The van der Waals surface area contributed by atoms with Crippen molar-refractivity contribution in [2.45, 2.75) is 19.5 Å². The quantitative estimate of drug-likeness (QED) is 0.798. The zero-order chi connectivity index (χ0) is 15.2. The van der Waals surface area contributed by atoms with Crippen LogP contribution in [-0.4, -0.2) is 41.6 Å². The van der Waals surface area contributed by atoms with Crippen LogP contribution in [0.4, 0.5) is 4.39 Å². The maximum atomic E-state index is 14.0. The highest BCUT2D eigenvalue weighted by Crippen LogP contribution is 2.21. The minimum Gasteiger partial charge on any atom is -0.465 e. The number of benzene rings is 1. The van der Waals surface area contributed by atoms with E-state index in [0.29, 0.717) is 36.6 Å². The van der Waals surface area contributed by atoms with E-state index >= 15 is 0 Å². The molecule has 0 saturated carbocycles. The zero-order valence-electron chi connectivity index (χ0n) is 11.8. The van der Waals surface area contributed by atoms with Crippen molar-refractivity contribution in [1.29, 1.82) is 5.26 Å². The molecule has 0 aromatic heterocycles. The molecule has 1 aromatic carbocycles. The monoisotopic (exact) mass is 308 g/mol. The number of rotatable bonds is 4. The van der Waals surface area contributed by atoms with Crippen LogP contribution in [0.15, 0.2) is 18.2 Å². The van der Waals surface area contributed by atoms with Crippen molar-refractivity contribution in [2.24, 2.45) is 0 Å². The van der Waals surface area contributed by atoms with E-state index in [-0.39, 0.29) is 12.0 Å². The molecule has 0 amide bonds. The summed E-state index contributed by atoms with van der Waals surface area (Å²) in [7, 11) is 0. The number of esters is 1. The highest BCUT2D eigenvalue weighted by atomic mass is 32.2. The van der Waals surface area contributed by atoms with Gasteiger partial charge in [-0.2, -0.15) is 17.0 Å². The molecule has 6 heteroatoms. The first-order valence-corrected chi connectivity index (χ1v) is 7.98. The molecule has 4 nitrogen and oxygen atoms in total. The van der Waals surface area contributed by atoms with Gasteiger partial charge in [0.15, 0.2) is 0 Å². The Bertz CT molecular complexity index is 559. The third-order valence-corrected chi connectivity index (χ3v) is 4.38. The van der Waals surface area contributed by atoms with Crippen LogP contribution in [0.2, 0.25) is 0 Å². The Morgan fingerprint density at radius 1 is 1.62 bits per heavy atom. The Balaban J connectivity index is 2.12. The van der Waals surface area contributed by atoms with Crippen LogP contribution in [0.5, 0.6) is 0 Å². The van der Waals surface area contributed by atoms with E-state index in [1.807, 2.05) is 11.0 Å². The second-order valence-electron chi connectivity index (χ2n) is 4.73. The lowest BCUT2D eigenvalue weighted by molar-refractivity contribution is -0.148. The molecular formula is C15H17FN2O2S. The minimum absolute atomic E-state index is 0.251. The summed E-state index contributed by atoms with van der Waals surface area (Å²) in [6, 6.07) is 6.01. The molecule has 1 heterocycles. The van der Waals surface area contributed by atoms with Crippen LogP contribution in [0.1, 0.15) is 18.1 Å². The average molecular weight is 308 g/mol. The maximum Gasteiger partial charge on any atom is 0.324 e. The highest BCUT2D eigenvalue weighted by molar-refractivity contribution is 7.99.